The summed E-state index contributed by atoms with van der Waals surface area (Å²) in [6, 6.07) is 16.1. The molecule has 0 heterocycles. The summed E-state index contributed by atoms with van der Waals surface area (Å²) in [5.41, 5.74) is 1.30. The van der Waals surface area contributed by atoms with Gasteiger partial charge in [-0.25, -0.2) is 4.79 Å². The molecular weight excluding hydrogens is 254 g/mol. The highest BCUT2D eigenvalue weighted by Crippen LogP contribution is 2.10. The van der Waals surface area contributed by atoms with Crippen molar-refractivity contribution < 1.29 is 14.4 Å². The number of rotatable bonds is 5. The molecule has 0 aliphatic carbocycles. The SMILES string of the molecule is CCOc1ccc(/C=N/OC(=O)c2ccccc2)cc1. The van der Waals surface area contributed by atoms with Gasteiger partial charge in [-0.3, -0.25) is 0 Å². The van der Waals surface area contributed by atoms with E-state index in [1.165, 1.54) is 6.21 Å². The van der Waals surface area contributed by atoms with Crippen LogP contribution in [0.5, 0.6) is 5.75 Å². The van der Waals surface area contributed by atoms with E-state index in [0.717, 1.165) is 11.3 Å². The van der Waals surface area contributed by atoms with Crippen LogP contribution in [0.4, 0.5) is 0 Å². The second kappa shape index (κ2) is 7.09. The van der Waals surface area contributed by atoms with E-state index in [9.17, 15) is 4.79 Å². The van der Waals surface area contributed by atoms with E-state index in [1.807, 2.05) is 37.3 Å². The molecule has 0 amide bonds. The third-order valence-corrected chi connectivity index (χ3v) is 2.54. The van der Waals surface area contributed by atoms with E-state index < -0.39 is 5.97 Å². The smallest absolute Gasteiger partial charge is 0.365 e. The maximum Gasteiger partial charge on any atom is 0.365 e. The quantitative estimate of drug-likeness (QED) is 0.475. The van der Waals surface area contributed by atoms with Crippen LogP contribution in [0.15, 0.2) is 59.8 Å². The number of carbonyl (C=O) groups excluding carboxylic acids is 1. The third kappa shape index (κ3) is 3.95. The first-order valence-electron chi connectivity index (χ1n) is 6.32. The molecular formula is C16H15NO3. The van der Waals surface area contributed by atoms with Gasteiger partial charge in [-0.05, 0) is 48.9 Å². The highest BCUT2D eigenvalue weighted by Gasteiger charge is 2.04. The summed E-state index contributed by atoms with van der Waals surface area (Å²) in [4.78, 5) is 16.4. The first-order chi connectivity index (χ1) is 9.79. The van der Waals surface area contributed by atoms with Crippen molar-refractivity contribution in [2.45, 2.75) is 6.92 Å². The number of oxime groups is 1. The lowest BCUT2D eigenvalue weighted by molar-refractivity contribution is 0.0519. The van der Waals surface area contributed by atoms with Crippen LogP contribution in [-0.2, 0) is 4.84 Å². The zero-order chi connectivity index (χ0) is 14.2. The topological polar surface area (TPSA) is 47.9 Å². The number of hydrogen-bond acceptors (Lipinski definition) is 4. The minimum atomic E-state index is -0.479. The van der Waals surface area contributed by atoms with Gasteiger partial charge in [0.15, 0.2) is 0 Å². The zero-order valence-corrected chi connectivity index (χ0v) is 11.2. The number of nitrogens with zero attached hydrogens (tertiary/aromatic N) is 1. The van der Waals surface area contributed by atoms with Crippen molar-refractivity contribution in [1.82, 2.24) is 0 Å². The Morgan fingerprint density at radius 1 is 1.10 bits per heavy atom. The molecule has 0 saturated heterocycles. The monoisotopic (exact) mass is 269 g/mol. The molecule has 2 aromatic rings. The summed E-state index contributed by atoms with van der Waals surface area (Å²) in [7, 11) is 0. The lowest BCUT2D eigenvalue weighted by Gasteiger charge is -2.02. The standard InChI is InChI=1S/C16H15NO3/c1-2-19-15-10-8-13(9-11-15)12-17-20-16(18)14-6-4-3-5-7-14/h3-12H,2H2,1H3/b17-12+. The minimum Gasteiger partial charge on any atom is -0.494 e. The fraction of sp³-hybridized carbons (Fsp3) is 0.125. The summed E-state index contributed by atoms with van der Waals surface area (Å²) >= 11 is 0. The van der Waals surface area contributed by atoms with Gasteiger partial charge in [-0.1, -0.05) is 23.4 Å². The second-order valence-electron chi connectivity index (χ2n) is 3.98. The first kappa shape index (κ1) is 13.8. The fourth-order valence-electron chi connectivity index (χ4n) is 1.58. The lowest BCUT2D eigenvalue weighted by atomic mass is 10.2. The van der Waals surface area contributed by atoms with E-state index in [4.69, 9.17) is 9.57 Å². The Labute approximate surface area is 117 Å². The number of carbonyl (C=O) groups is 1. The van der Waals surface area contributed by atoms with Crippen LogP contribution in [0.2, 0.25) is 0 Å². The van der Waals surface area contributed by atoms with Gasteiger partial charge in [0.25, 0.3) is 0 Å². The Morgan fingerprint density at radius 2 is 1.80 bits per heavy atom. The molecule has 0 radical (unpaired) electrons. The number of benzene rings is 2. The molecule has 0 N–H and O–H groups in total. The van der Waals surface area contributed by atoms with Gasteiger partial charge in [0, 0.05) is 0 Å². The molecule has 2 rings (SSSR count). The van der Waals surface area contributed by atoms with Crippen LogP contribution in [0.25, 0.3) is 0 Å². The summed E-state index contributed by atoms with van der Waals surface area (Å²) in [6.07, 6.45) is 1.48. The molecule has 0 aliphatic rings. The molecule has 102 valence electrons. The molecule has 20 heavy (non-hydrogen) atoms. The van der Waals surface area contributed by atoms with Crippen LogP contribution in [0, 0.1) is 0 Å². The molecule has 0 saturated carbocycles. The van der Waals surface area contributed by atoms with Crippen molar-refractivity contribution in [3.8, 4) is 5.75 Å². The van der Waals surface area contributed by atoms with E-state index in [1.54, 1.807) is 24.3 Å². The Morgan fingerprint density at radius 3 is 2.45 bits per heavy atom. The molecule has 0 aromatic heterocycles. The van der Waals surface area contributed by atoms with E-state index in [-0.39, 0.29) is 0 Å². The predicted molar refractivity (Wildman–Crippen MR) is 77.1 cm³/mol. The van der Waals surface area contributed by atoms with Gasteiger partial charge >= 0.3 is 5.97 Å². The third-order valence-electron chi connectivity index (χ3n) is 2.54. The summed E-state index contributed by atoms with van der Waals surface area (Å²) in [6.45, 7) is 2.56. The summed E-state index contributed by atoms with van der Waals surface area (Å²) < 4.78 is 5.33. The van der Waals surface area contributed by atoms with Crippen LogP contribution in [0.1, 0.15) is 22.8 Å². The molecule has 0 aliphatic heterocycles. The van der Waals surface area contributed by atoms with Crippen molar-refractivity contribution in [2.75, 3.05) is 6.61 Å². The molecule has 2 aromatic carbocycles. The maximum atomic E-state index is 11.6. The van der Waals surface area contributed by atoms with Gasteiger partial charge < -0.3 is 9.57 Å². The first-order valence-corrected chi connectivity index (χ1v) is 6.32. The van der Waals surface area contributed by atoms with Gasteiger partial charge in [-0.15, -0.1) is 0 Å². The summed E-state index contributed by atoms with van der Waals surface area (Å²) in [5, 5.41) is 3.68. The maximum absolute atomic E-state index is 11.6. The average Bonchev–Trinajstić information content (AvgIpc) is 2.50. The average molecular weight is 269 g/mol. The molecule has 0 atom stereocenters. The van der Waals surface area contributed by atoms with Crippen molar-refractivity contribution in [3.05, 3.63) is 65.7 Å². The molecule has 4 nitrogen and oxygen atoms in total. The van der Waals surface area contributed by atoms with Gasteiger partial charge in [0.05, 0.1) is 18.4 Å². The highest BCUT2D eigenvalue weighted by atomic mass is 16.7. The fourth-order valence-corrected chi connectivity index (χ4v) is 1.58. The van der Waals surface area contributed by atoms with Crippen LogP contribution >= 0.6 is 0 Å². The Kier molecular flexibility index (Phi) is 4.89. The molecule has 0 fully saturated rings. The Balaban J connectivity index is 1.91. The van der Waals surface area contributed by atoms with Crippen molar-refractivity contribution in [3.63, 3.8) is 0 Å². The van der Waals surface area contributed by atoms with Crippen molar-refractivity contribution >= 4 is 12.2 Å². The number of ether oxygens (including phenoxy) is 1. The Bertz CT molecular complexity index is 576. The van der Waals surface area contributed by atoms with Crippen molar-refractivity contribution in [1.29, 1.82) is 0 Å². The van der Waals surface area contributed by atoms with Crippen LogP contribution < -0.4 is 4.74 Å². The van der Waals surface area contributed by atoms with Gasteiger partial charge in [0.1, 0.15) is 5.75 Å². The summed E-state index contributed by atoms with van der Waals surface area (Å²) in [5.74, 6) is 0.318. The number of hydrogen-bond donors (Lipinski definition) is 0. The van der Waals surface area contributed by atoms with Crippen LogP contribution in [0.3, 0.4) is 0 Å². The Hall–Kier alpha value is -2.62. The van der Waals surface area contributed by atoms with Crippen LogP contribution in [-0.4, -0.2) is 18.8 Å². The molecule has 0 unspecified atom stereocenters. The predicted octanol–water partition coefficient (Wildman–Crippen LogP) is 3.28. The molecule has 4 heteroatoms. The van der Waals surface area contributed by atoms with Crippen molar-refractivity contribution in [2.24, 2.45) is 5.16 Å². The zero-order valence-electron chi connectivity index (χ0n) is 11.2. The molecule has 0 spiro atoms. The van der Waals surface area contributed by atoms with Gasteiger partial charge in [-0.2, -0.15) is 0 Å². The molecule has 0 bridgehead atoms. The van der Waals surface area contributed by atoms with Gasteiger partial charge in [0.2, 0.25) is 0 Å². The lowest BCUT2D eigenvalue weighted by Crippen LogP contribution is -2.00. The van der Waals surface area contributed by atoms with E-state index in [0.29, 0.717) is 12.2 Å². The minimum absolute atomic E-state index is 0.469. The van der Waals surface area contributed by atoms with E-state index in [2.05, 4.69) is 5.16 Å². The largest absolute Gasteiger partial charge is 0.494 e. The normalized spacial score (nSPS) is 10.4. The van der Waals surface area contributed by atoms with E-state index >= 15 is 0 Å². The second-order valence-corrected chi connectivity index (χ2v) is 3.98. The highest BCUT2D eigenvalue weighted by molar-refractivity contribution is 5.90.